The minimum Gasteiger partial charge on any atom is -0.322 e. The summed E-state index contributed by atoms with van der Waals surface area (Å²) in [6.07, 6.45) is 2.33. The van der Waals surface area contributed by atoms with E-state index in [1.807, 2.05) is 65.6 Å². The lowest BCUT2D eigenvalue weighted by molar-refractivity contribution is -0.117. The fraction of sp³-hybridized carbons (Fsp3) is 0.222. The van der Waals surface area contributed by atoms with Crippen LogP contribution in [0.4, 0.5) is 17.1 Å². The van der Waals surface area contributed by atoms with E-state index in [-0.39, 0.29) is 23.5 Å². The van der Waals surface area contributed by atoms with Gasteiger partial charge in [-0.15, -0.1) is 11.8 Å². The molecule has 5 rings (SSSR count). The maximum absolute atomic E-state index is 13.0. The van der Waals surface area contributed by atoms with E-state index < -0.39 is 0 Å². The summed E-state index contributed by atoms with van der Waals surface area (Å²) in [6.45, 7) is 1.43. The molecule has 34 heavy (non-hydrogen) atoms. The lowest BCUT2D eigenvalue weighted by Gasteiger charge is -2.18. The van der Waals surface area contributed by atoms with Crippen LogP contribution in [0.5, 0.6) is 0 Å². The minimum atomic E-state index is -0.230. The molecular weight excluding hydrogens is 446 g/mol. The van der Waals surface area contributed by atoms with Crippen LogP contribution in [0.3, 0.4) is 0 Å². The third kappa shape index (κ3) is 4.56. The zero-order valence-electron chi connectivity index (χ0n) is 18.7. The molecule has 172 valence electrons. The Morgan fingerprint density at radius 2 is 1.65 bits per heavy atom. The lowest BCUT2D eigenvalue weighted by Crippen LogP contribution is -2.30. The molecule has 0 aromatic heterocycles. The van der Waals surface area contributed by atoms with E-state index in [4.69, 9.17) is 0 Å². The first-order valence-electron chi connectivity index (χ1n) is 11.4. The van der Waals surface area contributed by atoms with Crippen molar-refractivity contribution in [3.05, 3.63) is 83.9 Å². The number of carbonyl (C=O) groups excluding carboxylic acids is 3. The van der Waals surface area contributed by atoms with Crippen molar-refractivity contribution < 1.29 is 14.4 Å². The van der Waals surface area contributed by atoms with Gasteiger partial charge in [0, 0.05) is 41.5 Å². The quantitative estimate of drug-likeness (QED) is 0.527. The molecule has 0 bridgehead atoms. The molecule has 0 saturated carbocycles. The second-order valence-electron chi connectivity index (χ2n) is 8.36. The van der Waals surface area contributed by atoms with Crippen molar-refractivity contribution in [2.75, 3.05) is 34.0 Å². The van der Waals surface area contributed by atoms with E-state index in [0.29, 0.717) is 24.2 Å². The van der Waals surface area contributed by atoms with Gasteiger partial charge in [0.1, 0.15) is 0 Å². The SMILES string of the molecule is O=C(Nc1ccc(N2CCCC2=O)cc1)c1ccccc1SCC(=O)N1CCc2ccccc21. The van der Waals surface area contributed by atoms with Crippen LogP contribution in [-0.4, -0.2) is 36.6 Å². The zero-order valence-corrected chi connectivity index (χ0v) is 19.5. The first-order valence-corrected chi connectivity index (χ1v) is 12.4. The Bertz CT molecular complexity index is 1240. The normalized spacial score (nSPS) is 14.9. The molecule has 2 aliphatic heterocycles. The summed E-state index contributed by atoms with van der Waals surface area (Å²) in [5.41, 5.74) is 4.21. The molecule has 0 spiro atoms. The highest BCUT2D eigenvalue weighted by Crippen LogP contribution is 2.30. The standard InChI is InChI=1S/C27H25N3O3S/c31-25-10-5-16-29(25)21-13-11-20(12-14-21)28-27(33)22-7-2-4-9-24(22)34-18-26(32)30-17-15-19-6-1-3-8-23(19)30/h1-4,6-9,11-14H,5,10,15-18H2,(H,28,33). The van der Waals surface area contributed by atoms with Gasteiger partial charge in [-0.3, -0.25) is 14.4 Å². The predicted molar refractivity (Wildman–Crippen MR) is 136 cm³/mol. The van der Waals surface area contributed by atoms with Crippen LogP contribution in [0.15, 0.2) is 77.7 Å². The number of fused-ring (bicyclic) bond motifs is 1. The number of nitrogens with zero attached hydrogens (tertiary/aromatic N) is 2. The van der Waals surface area contributed by atoms with E-state index in [1.165, 1.54) is 17.3 Å². The average Bonchev–Trinajstić information content (AvgIpc) is 3.49. The van der Waals surface area contributed by atoms with Crippen LogP contribution in [0.2, 0.25) is 0 Å². The zero-order chi connectivity index (χ0) is 23.5. The highest BCUT2D eigenvalue weighted by molar-refractivity contribution is 8.00. The summed E-state index contributed by atoms with van der Waals surface area (Å²) in [7, 11) is 0. The first kappa shape index (κ1) is 22.2. The number of thioether (sulfide) groups is 1. The van der Waals surface area contributed by atoms with Crippen molar-refractivity contribution in [3.8, 4) is 0 Å². The maximum Gasteiger partial charge on any atom is 0.256 e. The molecule has 2 heterocycles. The maximum atomic E-state index is 13.0. The summed E-state index contributed by atoms with van der Waals surface area (Å²) in [4.78, 5) is 42.2. The van der Waals surface area contributed by atoms with Crippen molar-refractivity contribution in [1.82, 2.24) is 0 Å². The third-order valence-electron chi connectivity index (χ3n) is 6.18. The number of hydrogen-bond donors (Lipinski definition) is 1. The summed E-state index contributed by atoms with van der Waals surface area (Å²) in [6, 6.07) is 22.6. The van der Waals surface area contributed by atoms with Crippen molar-refractivity contribution in [2.24, 2.45) is 0 Å². The monoisotopic (exact) mass is 471 g/mol. The van der Waals surface area contributed by atoms with Crippen molar-refractivity contribution in [2.45, 2.75) is 24.2 Å². The summed E-state index contributed by atoms with van der Waals surface area (Å²) in [5, 5.41) is 2.93. The molecule has 1 N–H and O–H groups in total. The van der Waals surface area contributed by atoms with Crippen LogP contribution in [0.25, 0.3) is 0 Å². The van der Waals surface area contributed by atoms with Crippen molar-refractivity contribution in [3.63, 3.8) is 0 Å². The molecule has 0 atom stereocenters. The van der Waals surface area contributed by atoms with Crippen LogP contribution in [0.1, 0.15) is 28.8 Å². The molecule has 1 fully saturated rings. The largest absolute Gasteiger partial charge is 0.322 e. The number of para-hydroxylation sites is 1. The average molecular weight is 472 g/mol. The smallest absolute Gasteiger partial charge is 0.256 e. The van der Waals surface area contributed by atoms with Crippen molar-refractivity contribution >= 4 is 46.5 Å². The second-order valence-corrected chi connectivity index (χ2v) is 9.38. The van der Waals surface area contributed by atoms with Gasteiger partial charge in [-0.05, 0) is 60.9 Å². The number of carbonyl (C=O) groups is 3. The first-order chi connectivity index (χ1) is 16.6. The fourth-order valence-electron chi connectivity index (χ4n) is 4.44. The molecule has 1 saturated heterocycles. The van der Waals surface area contributed by atoms with Crippen molar-refractivity contribution in [1.29, 1.82) is 0 Å². The summed E-state index contributed by atoms with van der Waals surface area (Å²) >= 11 is 1.38. The van der Waals surface area contributed by atoms with E-state index in [2.05, 4.69) is 11.4 Å². The van der Waals surface area contributed by atoms with Gasteiger partial charge in [0.15, 0.2) is 0 Å². The van der Waals surface area contributed by atoms with E-state index in [1.54, 1.807) is 11.0 Å². The molecular formula is C27H25N3O3S. The number of rotatable bonds is 6. The van der Waals surface area contributed by atoms with E-state index in [0.717, 1.165) is 35.7 Å². The van der Waals surface area contributed by atoms with Gasteiger partial charge in [-0.1, -0.05) is 30.3 Å². The van der Waals surface area contributed by atoms with Gasteiger partial charge in [-0.2, -0.15) is 0 Å². The Morgan fingerprint density at radius 1 is 0.882 bits per heavy atom. The third-order valence-corrected chi connectivity index (χ3v) is 7.24. The number of anilines is 3. The Balaban J connectivity index is 1.23. The van der Waals surface area contributed by atoms with Crippen LogP contribution in [-0.2, 0) is 16.0 Å². The Kier molecular flexibility index (Phi) is 6.36. The molecule has 7 heteroatoms. The van der Waals surface area contributed by atoms with Gasteiger partial charge in [0.25, 0.3) is 5.91 Å². The van der Waals surface area contributed by atoms with E-state index in [9.17, 15) is 14.4 Å². The lowest BCUT2D eigenvalue weighted by atomic mass is 10.2. The van der Waals surface area contributed by atoms with Gasteiger partial charge >= 0.3 is 0 Å². The highest BCUT2D eigenvalue weighted by Gasteiger charge is 2.25. The summed E-state index contributed by atoms with van der Waals surface area (Å²) in [5.74, 6) is 0.205. The van der Waals surface area contributed by atoms with Crippen LogP contribution >= 0.6 is 11.8 Å². The number of amides is 3. The minimum absolute atomic E-state index is 0.0391. The molecule has 0 unspecified atom stereocenters. The molecule has 3 amide bonds. The Morgan fingerprint density at radius 3 is 2.44 bits per heavy atom. The Labute approximate surface area is 202 Å². The van der Waals surface area contributed by atoms with Gasteiger partial charge in [-0.25, -0.2) is 0 Å². The molecule has 6 nitrogen and oxygen atoms in total. The van der Waals surface area contributed by atoms with Crippen LogP contribution < -0.4 is 15.1 Å². The molecule has 2 aliphatic rings. The van der Waals surface area contributed by atoms with Gasteiger partial charge in [0.05, 0.1) is 11.3 Å². The molecule has 3 aromatic rings. The number of benzene rings is 3. The van der Waals surface area contributed by atoms with E-state index >= 15 is 0 Å². The number of nitrogens with one attached hydrogen (secondary N) is 1. The van der Waals surface area contributed by atoms with Gasteiger partial charge < -0.3 is 15.1 Å². The predicted octanol–water partition coefficient (Wildman–Crippen LogP) is 4.75. The summed E-state index contributed by atoms with van der Waals surface area (Å²) < 4.78 is 0. The Hall–Kier alpha value is -3.58. The molecule has 3 aromatic carbocycles. The fourth-order valence-corrected chi connectivity index (χ4v) is 5.36. The topological polar surface area (TPSA) is 69.7 Å². The second kappa shape index (κ2) is 9.73. The molecule has 0 aliphatic carbocycles. The number of hydrogen-bond acceptors (Lipinski definition) is 4. The molecule has 0 radical (unpaired) electrons. The van der Waals surface area contributed by atoms with Gasteiger partial charge in [0.2, 0.25) is 11.8 Å². The highest BCUT2D eigenvalue weighted by atomic mass is 32.2. The van der Waals surface area contributed by atoms with Crippen LogP contribution in [0, 0.1) is 0 Å².